The van der Waals surface area contributed by atoms with Crippen LogP contribution in [0.1, 0.15) is 31.9 Å². The molecule has 0 aliphatic heterocycles. The average molecular weight is 322 g/mol. The maximum Gasteiger partial charge on any atom is 0.316 e. The number of aliphatic hydroxyl groups excluding tert-OH is 3. The predicted octanol–water partition coefficient (Wildman–Crippen LogP) is 0.970. The minimum Gasteiger partial charge on any atom is -0.394 e. The second-order valence-electron chi connectivity index (χ2n) is 6.32. The Bertz CT molecular complexity index is 557. The summed E-state index contributed by atoms with van der Waals surface area (Å²) in [6, 6.07) is 7.08. The molecular weight excluding hydrogens is 296 g/mol. The van der Waals surface area contributed by atoms with Gasteiger partial charge < -0.3 is 26.0 Å². The standard InChI is InChI=1S/C17H26N2O4/c1-12(2)13-6-5-7-14(8-13)16(3,4)18-15(23)19-17(9-20,10-21)11-22/h5-8,20-22H,1,9-11H2,2-4H3,(H2,18,19,23). The van der Waals surface area contributed by atoms with E-state index in [2.05, 4.69) is 17.2 Å². The Labute approximate surface area is 136 Å². The average Bonchev–Trinajstić information content (AvgIpc) is 2.52. The molecule has 6 heteroatoms. The molecule has 5 N–H and O–H groups in total. The number of rotatable bonds is 7. The van der Waals surface area contributed by atoms with Gasteiger partial charge in [0.15, 0.2) is 0 Å². The third-order valence-electron chi connectivity index (χ3n) is 3.79. The number of nitrogens with one attached hydrogen (secondary N) is 2. The fraction of sp³-hybridized carbons (Fsp3) is 0.471. The molecule has 0 unspecified atom stereocenters. The molecule has 0 spiro atoms. The van der Waals surface area contributed by atoms with E-state index in [9.17, 15) is 20.1 Å². The molecule has 6 nitrogen and oxygen atoms in total. The summed E-state index contributed by atoms with van der Waals surface area (Å²) in [4.78, 5) is 12.2. The summed E-state index contributed by atoms with van der Waals surface area (Å²) in [6.45, 7) is 7.78. The van der Waals surface area contributed by atoms with Crippen LogP contribution in [-0.4, -0.2) is 46.7 Å². The molecule has 2 amide bonds. The molecule has 0 saturated heterocycles. The number of allylic oxidation sites excluding steroid dienone is 1. The minimum atomic E-state index is -1.46. The molecule has 128 valence electrons. The Balaban J connectivity index is 2.91. The van der Waals surface area contributed by atoms with Gasteiger partial charge in [-0.1, -0.05) is 30.4 Å². The molecule has 1 aromatic rings. The van der Waals surface area contributed by atoms with E-state index in [4.69, 9.17) is 0 Å². The Morgan fingerprint density at radius 2 is 1.70 bits per heavy atom. The van der Waals surface area contributed by atoms with Gasteiger partial charge in [0.2, 0.25) is 0 Å². The van der Waals surface area contributed by atoms with Crippen molar-refractivity contribution < 1.29 is 20.1 Å². The van der Waals surface area contributed by atoms with Crippen LogP contribution in [0.5, 0.6) is 0 Å². The van der Waals surface area contributed by atoms with Crippen LogP contribution in [0.3, 0.4) is 0 Å². The van der Waals surface area contributed by atoms with Crippen LogP contribution < -0.4 is 10.6 Å². The maximum atomic E-state index is 12.2. The van der Waals surface area contributed by atoms with Gasteiger partial charge in [-0.2, -0.15) is 0 Å². The highest BCUT2D eigenvalue weighted by Crippen LogP contribution is 2.23. The highest BCUT2D eigenvalue weighted by molar-refractivity contribution is 5.76. The summed E-state index contributed by atoms with van der Waals surface area (Å²) < 4.78 is 0. The van der Waals surface area contributed by atoms with Gasteiger partial charge >= 0.3 is 6.03 Å². The molecule has 1 rings (SSSR count). The summed E-state index contributed by atoms with van der Waals surface area (Å²) in [7, 11) is 0. The summed E-state index contributed by atoms with van der Waals surface area (Å²) in [5.74, 6) is 0. The first kappa shape index (κ1) is 19.2. The molecule has 0 heterocycles. The molecule has 0 aliphatic carbocycles. The third kappa shape index (κ3) is 4.79. The largest absolute Gasteiger partial charge is 0.394 e. The van der Waals surface area contributed by atoms with Crippen molar-refractivity contribution >= 4 is 11.6 Å². The van der Waals surface area contributed by atoms with E-state index in [1.165, 1.54) is 0 Å². The lowest BCUT2D eigenvalue weighted by molar-refractivity contribution is 0.0485. The fourth-order valence-corrected chi connectivity index (χ4v) is 2.07. The number of hydrogen-bond acceptors (Lipinski definition) is 4. The molecule has 0 radical (unpaired) electrons. The Morgan fingerprint density at radius 1 is 1.13 bits per heavy atom. The SMILES string of the molecule is C=C(C)c1cccc(C(C)(C)NC(=O)NC(CO)(CO)CO)c1. The molecule has 0 aliphatic rings. The van der Waals surface area contributed by atoms with E-state index in [1.54, 1.807) is 0 Å². The number of carbonyl (C=O) groups excluding carboxylic acids is 1. The first-order valence-corrected chi connectivity index (χ1v) is 7.39. The van der Waals surface area contributed by atoms with Crippen molar-refractivity contribution in [1.82, 2.24) is 10.6 Å². The van der Waals surface area contributed by atoms with Gasteiger partial charge in [-0.3, -0.25) is 0 Å². The van der Waals surface area contributed by atoms with Gasteiger partial charge in [0.25, 0.3) is 0 Å². The number of benzene rings is 1. The van der Waals surface area contributed by atoms with E-state index < -0.39 is 36.9 Å². The van der Waals surface area contributed by atoms with Gasteiger partial charge in [-0.25, -0.2) is 4.79 Å². The number of urea groups is 1. The van der Waals surface area contributed by atoms with Crippen LogP contribution in [-0.2, 0) is 5.54 Å². The molecule has 0 atom stereocenters. The first-order chi connectivity index (χ1) is 10.7. The van der Waals surface area contributed by atoms with Crippen molar-refractivity contribution in [2.45, 2.75) is 31.8 Å². The van der Waals surface area contributed by atoms with E-state index in [1.807, 2.05) is 45.0 Å². The molecule has 23 heavy (non-hydrogen) atoms. The molecule has 0 saturated carbocycles. The third-order valence-corrected chi connectivity index (χ3v) is 3.79. The molecule has 0 fully saturated rings. The summed E-state index contributed by atoms with van der Waals surface area (Å²) >= 11 is 0. The Hall–Kier alpha value is -1.89. The van der Waals surface area contributed by atoms with E-state index in [0.717, 1.165) is 16.7 Å². The van der Waals surface area contributed by atoms with Crippen molar-refractivity contribution in [2.24, 2.45) is 0 Å². The zero-order chi connectivity index (χ0) is 17.7. The lowest BCUT2D eigenvalue weighted by Gasteiger charge is -2.33. The highest BCUT2D eigenvalue weighted by Gasteiger charge is 2.32. The lowest BCUT2D eigenvalue weighted by Crippen LogP contribution is -2.61. The summed E-state index contributed by atoms with van der Waals surface area (Å²) in [5, 5.41) is 33.0. The van der Waals surface area contributed by atoms with Crippen molar-refractivity contribution in [3.05, 3.63) is 42.0 Å². The fourth-order valence-electron chi connectivity index (χ4n) is 2.07. The number of carbonyl (C=O) groups is 1. The monoisotopic (exact) mass is 322 g/mol. The number of aliphatic hydroxyl groups is 3. The number of hydrogen-bond donors (Lipinski definition) is 5. The van der Waals surface area contributed by atoms with Crippen LogP contribution in [0.2, 0.25) is 0 Å². The predicted molar refractivity (Wildman–Crippen MR) is 89.8 cm³/mol. The Morgan fingerprint density at radius 3 is 2.17 bits per heavy atom. The maximum absolute atomic E-state index is 12.2. The second kappa shape index (κ2) is 7.59. The molecule has 0 bridgehead atoms. The van der Waals surface area contributed by atoms with Crippen LogP contribution in [0, 0.1) is 0 Å². The van der Waals surface area contributed by atoms with Crippen LogP contribution >= 0.6 is 0 Å². The van der Waals surface area contributed by atoms with Crippen LogP contribution in [0.15, 0.2) is 30.8 Å². The molecule has 0 aromatic heterocycles. The van der Waals surface area contributed by atoms with Crippen LogP contribution in [0.4, 0.5) is 4.79 Å². The van der Waals surface area contributed by atoms with Gasteiger partial charge in [0, 0.05) is 0 Å². The second-order valence-corrected chi connectivity index (χ2v) is 6.32. The smallest absolute Gasteiger partial charge is 0.316 e. The normalized spacial score (nSPS) is 11.9. The zero-order valence-electron chi connectivity index (χ0n) is 13.9. The van der Waals surface area contributed by atoms with Crippen molar-refractivity contribution in [2.75, 3.05) is 19.8 Å². The van der Waals surface area contributed by atoms with E-state index >= 15 is 0 Å². The minimum absolute atomic E-state index is 0.570. The zero-order valence-corrected chi connectivity index (χ0v) is 13.9. The van der Waals surface area contributed by atoms with Crippen LogP contribution in [0.25, 0.3) is 5.57 Å². The van der Waals surface area contributed by atoms with Gasteiger partial charge in [0.1, 0.15) is 5.54 Å². The van der Waals surface area contributed by atoms with Crippen molar-refractivity contribution in [1.29, 1.82) is 0 Å². The number of amides is 2. The molecular formula is C17H26N2O4. The summed E-state index contributed by atoms with van der Waals surface area (Å²) in [6.07, 6.45) is 0. The summed E-state index contributed by atoms with van der Waals surface area (Å²) in [5.41, 5.74) is 0.636. The van der Waals surface area contributed by atoms with E-state index in [-0.39, 0.29) is 0 Å². The topological polar surface area (TPSA) is 102 Å². The van der Waals surface area contributed by atoms with Gasteiger partial charge in [-0.05, 0) is 38.0 Å². The van der Waals surface area contributed by atoms with E-state index in [0.29, 0.717) is 0 Å². The molecule has 1 aromatic carbocycles. The lowest BCUT2D eigenvalue weighted by atomic mass is 9.91. The quantitative estimate of drug-likeness (QED) is 0.516. The van der Waals surface area contributed by atoms with Gasteiger partial charge in [0.05, 0.1) is 25.4 Å². The first-order valence-electron chi connectivity index (χ1n) is 7.39. The highest BCUT2D eigenvalue weighted by atomic mass is 16.3. The Kier molecular flexibility index (Phi) is 6.32. The van der Waals surface area contributed by atoms with Crippen molar-refractivity contribution in [3.63, 3.8) is 0 Å². The van der Waals surface area contributed by atoms with Gasteiger partial charge in [-0.15, -0.1) is 0 Å². The van der Waals surface area contributed by atoms with Crippen molar-refractivity contribution in [3.8, 4) is 0 Å².